The molecule has 0 saturated carbocycles. The number of hydrogen-bond donors (Lipinski definition) is 2. The highest BCUT2D eigenvalue weighted by atomic mass is 32.2. The predicted molar refractivity (Wildman–Crippen MR) is 107 cm³/mol. The SMILES string of the molecule is CNS(=O)(=O)Cc1ccc(N=CC2C(=O)Nc3ccc4ncsc4c32)cc1. The number of amides is 1. The van der Waals surface area contributed by atoms with Gasteiger partial charge in [0.15, 0.2) is 0 Å². The van der Waals surface area contributed by atoms with Gasteiger partial charge in [0.05, 0.1) is 27.2 Å². The van der Waals surface area contributed by atoms with Crippen LogP contribution >= 0.6 is 11.3 Å². The van der Waals surface area contributed by atoms with Gasteiger partial charge < -0.3 is 5.32 Å². The lowest BCUT2D eigenvalue weighted by Crippen LogP contribution is -2.20. The van der Waals surface area contributed by atoms with E-state index in [1.54, 1.807) is 36.0 Å². The number of fused-ring (bicyclic) bond motifs is 3. The van der Waals surface area contributed by atoms with Gasteiger partial charge in [-0.1, -0.05) is 12.1 Å². The molecule has 3 aromatic rings. The fourth-order valence-corrected chi connectivity index (χ4v) is 4.63. The molecule has 1 aliphatic heterocycles. The van der Waals surface area contributed by atoms with Crippen molar-refractivity contribution in [2.75, 3.05) is 12.4 Å². The van der Waals surface area contributed by atoms with Gasteiger partial charge in [-0.05, 0) is 36.9 Å². The van der Waals surface area contributed by atoms with Gasteiger partial charge in [0.1, 0.15) is 5.92 Å². The van der Waals surface area contributed by atoms with Crippen molar-refractivity contribution in [1.29, 1.82) is 0 Å². The van der Waals surface area contributed by atoms with Crippen LogP contribution in [0.3, 0.4) is 0 Å². The third-order valence-electron chi connectivity index (χ3n) is 4.37. The second-order valence-electron chi connectivity index (χ2n) is 6.10. The van der Waals surface area contributed by atoms with Crippen LogP contribution in [0, 0.1) is 0 Å². The number of thiazole rings is 1. The van der Waals surface area contributed by atoms with Crippen LogP contribution < -0.4 is 10.0 Å². The highest BCUT2D eigenvalue weighted by molar-refractivity contribution is 7.88. The van der Waals surface area contributed by atoms with E-state index in [0.29, 0.717) is 11.3 Å². The number of carbonyl (C=O) groups excluding carboxylic acids is 1. The minimum absolute atomic E-state index is 0.0880. The Morgan fingerprint density at radius 2 is 2.04 bits per heavy atom. The Bertz CT molecular complexity index is 1150. The molecule has 0 fully saturated rings. The Hall–Kier alpha value is -2.62. The molecule has 138 valence electrons. The summed E-state index contributed by atoms with van der Waals surface area (Å²) in [6, 6.07) is 10.6. The van der Waals surface area contributed by atoms with Crippen LogP contribution in [-0.4, -0.2) is 32.6 Å². The molecule has 0 saturated heterocycles. The van der Waals surface area contributed by atoms with Crippen LogP contribution in [0.5, 0.6) is 0 Å². The van der Waals surface area contributed by atoms with E-state index < -0.39 is 15.9 Å². The summed E-state index contributed by atoms with van der Waals surface area (Å²) < 4.78 is 26.5. The Kier molecular flexibility index (Phi) is 4.50. The van der Waals surface area contributed by atoms with Gasteiger partial charge in [-0.25, -0.2) is 18.1 Å². The van der Waals surface area contributed by atoms with Crippen molar-refractivity contribution < 1.29 is 13.2 Å². The lowest BCUT2D eigenvalue weighted by atomic mass is 10.0. The summed E-state index contributed by atoms with van der Waals surface area (Å²) in [7, 11) is -1.93. The van der Waals surface area contributed by atoms with E-state index >= 15 is 0 Å². The Morgan fingerprint density at radius 1 is 1.26 bits per heavy atom. The molecule has 9 heteroatoms. The van der Waals surface area contributed by atoms with Crippen molar-refractivity contribution in [1.82, 2.24) is 9.71 Å². The van der Waals surface area contributed by atoms with E-state index in [-0.39, 0.29) is 11.7 Å². The maximum atomic E-state index is 12.4. The van der Waals surface area contributed by atoms with Gasteiger partial charge in [-0.15, -0.1) is 11.3 Å². The molecule has 2 aromatic carbocycles. The summed E-state index contributed by atoms with van der Waals surface area (Å²) in [6.45, 7) is 0. The standard InChI is InChI=1S/C18H16N4O3S2/c1-19-27(24,25)9-11-2-4-12(5-3-11)20-8-13-16-14(22-18(13)23)6-7-15-17(16)26-10-21-15/h2-8,10,13,19H,9H2,1H3,(H,22,23). The minimum Gasteiger partial charge on any atom is -0.325 e. The molecular weight excluding hydrogens is 384 g/mol. The highest BCUT2D eigenvalue weighted by Gasteiger charge is 2.31. The van der Waals surface area contributed by atoms with Crippen molar-refractivity contribution in [2.45, 2.75) is 11.7 Å². The number of hydrogen-bond acceptors (Lipinski definition) is 6. The maximum Gasteiger partial charge on any atom is 0.237 e. The normalized spacial score (nSPS) is 16.8. The van der Waals surface area contributed by atoms with E-state index in [1.807, 2.05) is 12.1 Å². The minimum atomic E-state index is -3.31. The van der Waals surface area contributed by atoms with Gasteiger partial charge in [-0.3, -0.25) is 9.79 Å². The summed E-state index contributed by atoms with van der Waals surface area (Å²) in [5.74, 6) is -0.685. The topological polar surface area (TPSA) is 101 Å². The number of benzene rings is 2. The number of nitrogens with zero attached hydrogens (tertiary/aromatic N) is 2. The molecule has 0 spiro atoms. The zero-order valence-corrected chi connectivity index (χ0v) is 16.0. The first-order valence-electron chi connectivity index (χ1n) is 8.18. The molecule has 1 aromatic heterocycles. The second-order valence-corrected chi connectivity index (χ2v) is 8.88. The summed E-state index contributed by atoms with van der Waals surface area (Å²) >= 11 is 1.50. The molecule has 1 amide bonds. The Balaban J connectivity index is 1.59. The fraction of sp³-hybridized carbons (Fsp3) is 0.167. The first-order chi connectivity index (χ1) is 13.0. The van der Waals surface area contributed by atoms with E-state index in [0.717, 1.165) is 21.5 Å². The first kappa shape index (κ1) is 17.8. The summed E-state index contributed by atoms with van der Waals surface area (Å²) in [5.41, 5.74) is 5.64. The third-order valence-corrected chi connectivity index (χ3v) is 6.58. The molecule has 1 unspecified atom stereocenters. The van der Waals surface area contributed by atoms with Crippen LogP contribution in [0.2, 0.25) is 0 Å². The molecule has 2 N–H and O–H groups in total. The quantitative estimate of drug-likeness (QED) is 0.643. The van der Waals surface area contributed by atoms with Gasteiger partial charge >= 0.3 is 0 Å². The van der Waals surface area contributed by atoms with Gasteiger partial charge in [0, 0.05) is 17.5 Å². The first-order valence-corrected chi connectivity index (χ1v) is 10.7. The Labute approximate surface area is 160 Å². The average Bonchev–Trinajstić information content (AvgIpc) is 3.24. The number of nitrogens with one attached hydrogen (secondary N) is 2. The van der Waals surface area contributed by atoms with Gasteiger partial charge in [0.2, 0.25) is 15.9 Å². The monoisotopic (exact) mass is 400 g/mol. The van der Waals surface area contributed by atoms with Crippen molar-refractivity contribution in [3.8, 4) is 0 Å². The molecule has 1 aliphatic rings. The van der Waals surface area contributed by atoms with Crippen molar-refractivity contribution >= 4 is 55.1 Å². The number of aliphatic imine (C=N–C) groups is 1. The van der Waals surface area contributed by atoms with Gasteiger partial charge in [0.25, 0.3) is 0 Å². The molecule has 0 aliphatic carbocycles. The summed E-state index contributed by atoms with van der Waals surface area (Å²) in [4.78, 5) is 21.1. The summed E-state index contributed by atoms with van der Waals surface area (Å²) in [5, 5.41) is 2.88. The van der Waals surface area contributed by atoms with Gasteiger partial charge in [-0.2, -0.15) is 0 Å². The Morgan fingerprint density at radius 3 is 2.78 bits per heavy atom. The molecular formula is C18H16N4O3S2. The fourth-order valence-electron chi connectivity index (χ4n) is 2.98. The average molecular weight is 400 g/mol. The van der Waals surface area contributed by atoms with Crippen LogP contribution in [0.1, 0.15) is 17.0 Å². The van der Waals surface area contributed by atoms with Crippen molar-refractivity contribution in [2.24, 2.45) is 4.99 Å². The number of carbonyl (C=O) groups is 1. The molecule has 27 heavy (non-hydrogen) atoms. The number of aromatic nitrogens is 1. The molecule has 0 bridgehead atoms. The van der Waals surface area contributed by atoms with Crippen LogP contribution in [0.15, 0.2) is 46.9 Å². The van der Waals surface area contributed by atoms with Crippen LogP contribution in [0.25, 0.3) is 10.2 Å². The predicted octanol–water partition coefficient (Wildman–Crippen LogP) is 2.78. The smallest absolute Gasteiger partial charge is 0.237 e. The van der Waals surface area contributed by atoms with E-state index in [1.165, 1.54) is 18.4 Å². The zero-order chi connectivity index (χ0) is 19.0. The van der Waals surface area contributed by atoms with Crippen LogP contribution in [0.4, 0.5) is 11.4 Å². The lowest BCUT2D eigenvalue weighted by molar-refractivity contribution is -0.115. The molecule has 1 atom stereocenters. The third kappa shape index (κ3) is 3.48. The largest absolute Gasteiger partial charge is 0.325 e. The molecule has 4 rings (SSSR count). The van der Waals surface area contributed by atoms with E-state index in [4.69, 9.17) is 0 Å². The van der Waals surface area contributed by atoms with Crippen LogP contribution in [-0.2, 0) is 20.6 Å². The number of rotatable bonds is 5. The zero-order valence-electron chi connectivity index (χ0n) is 14.3. The van der Waals surface area contributed by atoms with E-state index in [2.05, 4.69) is 20.0 Å². The second kappa shape index (κ2) is 6.84. The maximum absolute atomic E-state index is 12.4. The molecule has 0 radical (unpaired) electrons. The highest BCUT2D eigenvalue weighted by Crippen LogP contribution is 2.39. The lowest BCUT2D eigenvalue weighted by Gasteiger charge is -2.05. The molecule has 7 nitrogen and oxygen atoms in total. The molecule has 2 heterocycles. The van der Waals surface area contributed by atoms with Crippen molar-refractivity contribution in [3.63, 3.8) is 0 Å². The summed E-state index contributed by atoms with van der Waals surface area (Å²) in [6.07, 6.45) is 1.62. The van der Waals surface area contributed by atoms with Crippen molar-refractivity contribution in [3.05, 3.63) is 53.0 Å². The number of anilines is 1. The van der Waals surface area contributed by atoms with E-state index in [9.17, 15) is 13.2 Å². The number of sulfonamides is 1.